The maximum absolute atomic E-state index is 14.3. The van der Waals surface area contributed by atoms with Gasteiger partial charge in [0.15, 0.2) is 0 Å². The number of amides is 2. The zero-order valence-electron chi connectivity index (χ0n) is 14.7. The van der Waals surface area contributed by atoms with Crippen LogP contribution in [-0.2, 0) is 27.6 Å². The van der Waals surface area contributed by atoms with Crippen LogP contribution in [0.2, 0.25) is 0 Å². The third-order valence-electron chi connectivity index (χ3n) is 4.93. The third-order valence-corrected chi connectivity index (χ3v) is 4.93. The first-order valence-electron chi connectivity index (χ1n) is 8.65. The van der Waals surface area contributed by atoms with Crippen LogP contribution in [0, 0.1) is 5.82 Å². The first-order valence-corrected chi connectivity index (χ1v) is 8.65. The van der Waals surface area contributed by atoms with Crippen molar-refractivity contribution in [1.82, 2.24) is 5.32 Å². The summed E-state index contributed by atoms with van der Waals surface area (Å²) in [6.45, 7) is 0. The average Bonchev–Trinajstić information content (AvgIpc) is 3.43. The minimum Gasteiger partial charge on any atom is -0.368 e. The van der Waals surface area contributed by atoms with Crippen LogP contribution in [0.15, 0.2) is 48.5 Å². The molecule has 28 heavy (non-hydrogen) atoms. The lowest BCUT2D eigenvalue weighted by Crippen LogP contribution is -2.49. The van der Waals surface area contributed by atoms with Gasteiger partial charge in [-0.25, -0.2) is 4.39 Å². The van der Waals surface area contributed by atoms with Gasteiger partial charge in [-0.3, -0.25) is 9.59 Å². The summed E-state index contributed by atoms with van der Waals surface area (Å²) < 4.78 is 52.6. The smallest absolute Gasteiger partial charge is 0.368 e. The Balaban J connectivity index is 1.80. The number of primary amides is 1. The molecule has 148 valence electrons. The van der Waals surface area contributed by atoms with E-state index in [2.05, 4.69) is 5.32 Å². The predicted octanol–water partition coefficient (Wildman–Crippen LogP) is 3.09. The molecule has 1 aliphatic carbocycles. The molecule has 0 saturated heterocycles. The molecular formula is C20H18F4N2O2. The lowest BCUT2D eigenvalue weighted by Gasteiger charge is -2.22. The van der Waals surface area contributed by atoms with E-state index in [1.54, 1.807) is 30.3 Å². The fourth-order valence-corrected chi connectivity index (χ4v) is 3.19. The number of carbonyl (C=O) groups is 2. The Morgan fingerprint density at radius 3 is 2.25 bits per heavy atom. The summed E-state index contributed by atoms with van der Waals surface area (Å²) in [4.78, 5) is 24.5. The maximum Gasteiger partial charge on any atom is 0.416 e. The molecule has 1 aliphatic rings. The van der Waals surface area contributed by atoms with Crippen molar-refractivity contribution >= 4 is 11.8 Å². The first kappa shape index (κ1) is 19.9. The highest BCUT2D eigenvalue weighted by Gasteiger charge is 2.53. The minimum atomic E-state index is -4.68. The minimum absolute atomic E-state index is 0.110. The quantitative estimate of drug-likeness (QED) is 0.739. The zero-order valence-corrected chi connectivity index (χ0v) is 14.7. The molecule has 2 aromatic carbocycles. The van der Waals surface area contributed by atoms with Gasteiger partial charge in [0.2, 0.25) is 11.8 Å². The summed E-state index contributed by atoms with van der Waals surface area (Å²) in [5, 5.41) is 2.54. The second-order valence-electron chi connectivity index (χ2n) is 6.89. The molecule has 1 saturated carbocycles. The van der Waals surface area contributed by atoms with E-state index < -0.39 is 40.8 Å². The molecule has 1 fully saturated rings. The van der Waals surface area contributed by atoms with Crippen molar-refractivity contribution in [3.8, 4) is 0 Å². The number of rotatable bonds is 6. The molecular weight excluding hydrogens is 376 g/mol. The largest absolute Gasteiger partial charge is 0.416 e. The number of nitrogens with one attached hydrogen (secondary N) is 1. The summed E-state index contributed by atoms with van der Waals surface area (Å²) in [6, 6.07) is 10.00. The Hall–Kier alpha value is -2.90. The van der Waals surface area contributed by atoms with E-state index in [1.807, 2.05) is 0 Å². The fourth-order valence-electron chi connectivity index (χ4n) is 3.19. The van der Waals surface area contributed by atoms with Gasteiger partial charge in [-0.1, -0.05) is 36.4 Å². The van der Waals surface area contributed by atoms with Crippen molar-refractivity contribution in [3.05, 3.63) is 71.0 Å². The van der Waals surface area contributed by atoms with Crippen LogP contribution in [-0.4, -0.2) is 17.9 Å². The van der Waals surface area contributed by atoms with Gasteiger partial charge in [0.1, 0.15) is 11.9 Å². The van der Waals surface area contributed by atoms with Crippen molar-refractivity contribution < 1.29 is 27.2 Å². The summed E-state index contributed by atoms with van der Waals surface area (Å²) in [7, 11) is 0. The van der Waals surface area contributed by atoms with Crippen molar-refractivity contribution in [1.29, 1.82) is 0 Å². The van der Waals surface area contributed by atoms with E-state index in [4.69, 9.17) is 5.73 Å². The highest BCUT2D eigenvalue weighted by atomic mass is 19.4. The molecule has 0 spiro atoms. The molecule has 3 N–H and O–H groups in total. The van der Waals surface area contributed by atoms with E-state index >= 15 is 0 Å². The molecule has 0 bridgehead atoms. The topological polar surface area (TPSA) is 72.2 Å². The highest BCUT2D eigenvalue weighted by Crippen LogP contribution is 2.50. The molecule has 1 atom stereocenters. The Morgan fingerprint density at radius 1 is 1.11 bits per heavy atom. The lowest BCUT2D eigenvalue weighted by atomic mass is 9.92. The number of hydrogen-bond donors (Lipinski definition) is 2. The molecule has 0 radical (unpaired) electrons. The van der Waals surface area contributed by atoms with E-state index in [1.165, 1.54) is 0 Å². The van der Waals surface area contributed by atoms with Crippen molar-refractivity contribution in [3.63, 3.8) is 0 Å². The second-order valence-corrected chi connectivity index (χ2v) is 6.89. The summed E-state index contributed by atoms with van der Waals surface area (Å²) in [6.07, 6.45) is -3.96. The van der Waals surface area contributed by atoms with Crippen LogP contribution in [0.1, 0.15) is 29.5 Å². The summed E-state index contributed by atoms with van der Waals surface area (Å²) >= 11 is 0. The lowest BCUT2D eigenvalue weighted by molar-refractivity contribution is -0.137. The van der Waals surface area contributed by atoms with Crippen molar-refractivity contribution in [2.24, 2.45) is 5.73 Å². The average molecular weight is 394 g/mol. The van der Waals surface area contributed by atoms with Gasteiger partial charge in [0.05, 0.1) is 11.0 Å². The third kappa shape index (κ3) is 4.00. The molecule has 2 aromatic rings. The zero-order chi connectivity index (χ0) is 20.5. The molecule has 0 aromatic heterocycles. The number of halogens is 4. The van der Waals surface area contributed by atoms with Gasteiger partial charge in [0, 0.05) is 12.0 Å². The van der Waals surface area contributed by atoms with Crippen LogP contribution in [0.5, 0.6) is 0 Å². The van der Waals surface area contributed by atoms with Crippen LogP contribution < -0.4 is 11.1 Å². The Bertz CT molecular complexity index is 893. The Morgan fingerprint density at radius 2 is 1.75 bits per heavy atom. The van der Waals surface area contributed by atoms with Gasteiger partial charge in [0.25, 0.3) is 0 Å². The van der Waals surface area contributed by atoms with Gasteiger partial charge in [-0.15, -0.1) is 0 Å². The van der Waals surface area contributed by atoms with E-state index in [9.17, 15) is 27.2 Å². The maximum atomic E-state index is 14.3. The Kier molecular flexibility index (Phi) is 5.14. The second kappa shape index (κ2) is 7.26. The summed E-state index contributed by atoms with van der Waals surface area (Å²) in [5.41, 5.74) is 3.64. The molecule has 2 amide bonds. The van der Waals surface area contributed by atoms with Crippen LogP contribution in [0.3, 0.4) is 0 Å². The highest BCUT2D eigenvalue weighted by molar-refractivity contribution is 5.95. The van der Waals surface area contributed by atoms with Gasteiger partial charge in [-0.2, -0.15) is 13.2 Å². The molecule has 0 unspecified atom stereocenters. The molecule has 0 aliphatic heterocycles. The van der Waals surface area contributed by atoms with Gasteiger partial charge in [-0.05, 0) is 30.5 Å². The van der Waals surface area contributed by atoms with Crippen molar-refractivity contribution in [2.75, 3.05) is 0 Å². The molecule has 8 heteroatoms. The molecule has 3 rings (SSSR count). The van der Waals surface area contributed by atoms with Gasteiger partial charge >= 0.3 is 6.18 Å². The van der Waals surface area contributed by atoms with E-state index in [0.29, 0.717) is 6.07 Å². The number of hydrogen-bond acceptors (Lipinski definition) is 2. The normalized spacial score (nSPS) is 16.3. The monoisotopic (exact) mass is 394 g/mol. The van der Waals surface area contributed by atoms with E-state index in [-0.39, 0.29) is 24.8 Å². The Labute approximate surface area is 158 Å². The fraction of sp³-hybridized carbons (Fsp3) is 0.300. The van der Waals surface area contributed by atoms with Crippen LogP contribution in [0.25, 0.3) is 0 Å². The first-order chi connectivity index (χ1) is 13.1. The predicted molar refractivity (Wildman–Crippen MR) is 93.6 cm³/mol. The summed E-state index contributed by atoms with van der Waals surface area (Å²) in [5.74, 6) is -2.46. The van der Waals surface area contributed by atoms with Crippen LogP contribution in [0.4, 0.5) is 17.6 Å². The molecule has 4 nitrogen and oxygen atoms in total. The standard InChI is InChI=1S/C20H18F4N2O2/c21-15-11-13(20(22,23)24)6-7-14(15)19(8-9-19)18(28)26-16(17(25)27)10-12-4-2-1-3-5-12/h1-7,11,16H,8-10H2,(H2,25,27)(H,26,28)/t16-/m0/s1. The van der Waals surface area contributed by atoms with Crippen LogP contribution >= 0.6 is 0 Å². The van der Waals surface area contributed by atoms with E-state index in [0.717, 1.165) is 17.7 Å². The van der Waals surface area contributed by atoms with Crippen molar-refractivity contribution in [2.45, 2.75) is 36.9 Å². The number of benzene rings is 2. The number of alkyl halides is 3. The van der Waals surface area contributed by atoms with Gasteiger partial charge < -0.3 is 11.1 Å². The molecule has 0 heterocycles. The SMILES string of the molecule is NC(=O)[C@H](Cc1ccccc1)NC(=O)C1(c2ccc(C(F)(F)F)cc2F)CC1. The number of nitrogens with two attached hydrogens (primary N) is 1. The number of carbonyl (C=O) groups excluding carboxylic acids is 2.